The van der Waals surface area contributed by atoms with Gasteiger partial charge in [-0.1, -0.05) is 0 Å². The lowest BCUT2D eigenvalue weighted by atomic mass is 9.75. The average molecular weight is 280 g/mol. The van der Waals surface area contributed by atoms with Crippen LogP contribution in [0.4, 0.5) is 11.6 Å². The zero-order valence-corrected chi connectivity index (χ0v) is 12.4. The van der Waals surface area contributed by atoms with Crippen LogP contribution in [-0.4, -0.2) is 48.2 Å². The average Bonchev–Trinajstić information content (AvgIpc) is 2.37. The summed E-state index contributed by atoms with van der Waals surface area (Å²) in [6.45, 7) is 1.23. The molecule has 1 aromatic heterocycles. The Morgan fingerprint density at radius 2 is 2.05 bits per heavy atom. The van der Waals surface area contributed by atoms with Crippen LogP contribution in [-0.2, 0) is 11.3 Å². The molecular formula is C13H24N6O. The van der Waals surface area contributed by atoms with E-state index in [0.717, 1.165) is 12.4 Å². The molecule has 0 atom stereocenters. The monoisotopic (exact) mass is 280 g/mol. The maximum absolute atomic E-state index is 5.43. The number of nitrogens with zero attached hydrogens (tertiary/aromatic N) is 3. The van der Waals surface area contributed by atoms with E-state index in [2.05, 4.69) is 39.7 Å². The molecule has 0 unspecified atom stereocenters. The summed E-state index contributed by atoms with van der Waals surface area (Å²) in [7, 11) is 5.88. The van der Waals surface area contributed by atoms with E-state index in [9.17, 15) is 0 Å². The van der Waals surface area contributed by atoms with Crippen molar-refractivity contribution in [3.8, 4) is 0 Å². The minimum atomic E-state index is 0.239. The molecule has 1 aliphatic rings. The van der Waals surface area contributed by atoms with Gasteiger partial charge < -0.3 is 20.4 Å². The van der Waals surface area contributed by atoms with E-state index in [1.165, 1.54) is 19.3 Å². The van der Waals surface area contributed by atoms with Gasteiger partial charge in [0.15, 0.2) is 5.82 Å². The Balaban J connectivity index is 2.06. The van der Waals surface area contributed by atoms with Crippen LogP contribution in [0.5, 0.6) is 0 Å². The van der Waals surface area contributed by atoms with Gasteiger partial charge in [0.05, 0.1) is 0 Å². The highest BCUT2D eigenvalue weighted by Crippen LogP contribution is 2.36. The molecule has 1 aliphatic carbocycles. The molecule has 1 aromatic rings. The zero-order chi connectivity index (χ0) is 14.6. The molecule has 1 fully saturated rings. The number of nitrogen functional groups attached to an aromatic ring is 1. The molecule has 0 bridgehead atoms. The largest absolute Gasteiger partial charge is 0.377 e. The van der Waals surface area contributed by atoms with E-state index in [4.69, 9.17) is 10.6 Å². The lowest BCUT2D eigenvalue weighted by Gasteiger charge is -2.47. The van der Waals surface area contributed by atoms with Crippen LogP contribution < -0.4 is 16.6 Å². The quantitative estimate of drug-likeness (QED) is 0.503. The van der Waals surface area contributed by atoms with Gasteiger partial charge in [-0.05, 0) is 33.4 Å². The molecule has 1 heterocycles. The fourth-order valence-corrected chi connectivity index (χ4v) is 2.48. The predicted molar refractivity (Wildman–Crippen MR) is 79.3 cm³/mol. The number of hydrogen-bond donors (Lipinski definition) is 3. The van der Waals surface area contributed by atoms with Crippen LogP contribution in [0.2, 0.25) is 0 Å². The number of anilines is 2. The first-order valence-corrected chi connectivity index (χ1v) is 6.84. The van der Waals surface area contributed by atoms with Crippen molar-refractivity contribution in [1.82, 2.24) is 14.9 Å². The van der Waals surface area contributed by atoms with E-state index in [1.54, 1.807) is 13.2 Å². The SMILES string of the molecule is COCc1nc(NN)cc(NCC2(N(C)C)CCC2)n1. The van der Waals surface area contributed by atoms with Crippen LogP contribution in [0.3, 0.4) is 0 Å². The van der Waals surface area contributed by atoms with Crippen LogP contribution in [0.15, 0.2) is 6.07 Å². The minimum Gasteiger partial charge on any atom is -0.377 e. The summed E-state index contributed by atoms with van der Waals surface area (Å²) in [5.41, 5.74) is 2.80. The maximum atomic E-state index is 5.43. The number of ether oxygens (including phenoxy) is 1. The van der Waals surface area contributed by atoms with Crippen molar-refractivity contribution in [3.63, 3.8) is 0 Å². The highest BCUT2D eigenvalue weighted by atomic mass is 16.5. The maximum Gasteiger partial charge on any atom is 0.158 e. The molecule has 2 rings (SSSR count). The van der Waals surface area contributed by atoms with Gasteiger partial charge in [0.1, 0.15) is 18.2 Å². The number of aromatic nitrogens is 2. The molecule has 0 saturated heterocycles. The summed E-state index contributed by atoms with van der Waals surface area (Å²) in [5.74, 6) is 7.40. The summed E-state index contributed by atoms with van der Waals surface area (Å²) in [4.78, 5) is 11.0. The van der Waals surface area contributed by atoms with Gasteiger partial charge in [0.25, 0.3) is 0 Å². The highest BCUT2D eigenvalue weighted by Gasteiger charge is 2.38. The van der Waals surface area contributed by atoms with E-state index < -0.39 is 0 Å². The van der Waals surface area contributed by atoms with Gasteiger partial charge in [-0.25, -0.2) is 15.8 Å². The van der Waals surface area contributed by atoms with Crippen molar-refractivity contribution in [3.05, 3.63) is 11.9 Å². The van der Waals surface area contributed by atoms with Crippen molar-refractivity contribution >= 4 is 11.6 Å². The van der Waals surface area contributed by atoms with Gasteiger partial charge in [-0.15, -0.1) is 0 Å². The smallest absolute Gasteiger partial charge is 0.158 e. The van der Waals surface area contributed by atoms with Crippen molar-refractivity contribution in [2.45, 2.75) is 31.4 Å². The van der Waals surface area contributed by atoms with E-state index >= 15 is 0 Å². The molecule has 20 heavy (non-hydrogen) atoms. The third kappa shape index (κ3) is 3.17. The van der Waals surface area contributed by atoms with Crippen molar-refractivity contribution < 1.29 is 4.74 Å². The van der Waals surface area contributed by atoms with Crippen molar-refractivity contribution in [2.24, 2.45) is 5.84 Å². The Morgan fingerprint density at radius 1 is 1.35 bits per heavy atom. The van der Waals surface area contributed by atoms with E-state index in [0.29, 0.717) is 18.2 Å². The number of nitrogens with two attached hydrogens (primary N) is 1. The molecular weight excluding hydrogens is 256 g/mol. The predicted octanol–water partition coefficient (Wildman–Crippen LogP) is 0.805. The molecule has 0 amide bonds. The van der Waals surface area contributed by atoms with E-state index in [-0.39, 0.29) is 5.54 Å². The molecule has 0 aliphatic heterocycles. The second kappa shape index (κ2) is 6.34. The standard InChI is InChI=1S/C13H24N6O/c1-19(2)13(5-4-6-13)9-15-10-7-11(18-14)17-12(16-10)8-20-3/h7H,4-6,8-9,14H2,1-3H3,(H2,15,16,17,18). The summed E-state index contributed by atoms with van der Waals surface area (Å²) < 4.78 is 5.07. The first-order chi connectivity index (χ1) is 9.59. The first kappa shape index (κ1) is 15.0. The highest BCUT2D eigenvalue weighted by molar-refractivity contribution is 5.47. The Hall–Kier alpha value is -1.44. The second-order valence-corrected chi connectivity index (χ2v) is 5.46. The number of likely N-dealkylation sites (N-methyl/N-ethyl adjacent to an activating group) is 1. The number of rotatable bonds is 7. The molecule has 1 saturated carbocycles. The second-order valence-electron chi connectivity index (χ2n) is 5.46. The molecule has 112 valence electrons. The lowest BCUT2D eigenvalue weighted by molar-refractivity contribution is 0.0738. The summed E-state index contributed by atoms with van der Waals surface area (Å²) >= 11 is 0. The summed E-state index contributed by atoms with van der Waals surface area (Å²) in [6.07, 6.45) is 3.71. The Bertz CT molecular complexity index is 446. The van der Waals surface area contributed by atoms with Crippen LogP contribution in [0.1, 0.15) is 25.1 Å². The molecule has 7 heteroatoms. The van der Waals surface area contributed by atoms with Gasteiger partial charge in [-0.3, -0.25) is 0 Å². The number of hydrogen-bond acceptors (Lipinski definition) is 7. The van der Waals surface area contributed by atoms with E-state index in [1.807, 2.05) is 0 Å². The third-order valence-corrected chi connectivity index (χ3v) is 4.03. The van der Waals surface area contributed by atoms with Crippen LogP contribution >= 0.6 is 0 Å². The number of nitrogens with one attached hydrogen (secondary N) is 2. The molecule has 4 N–H and O–H groups in total. The molecule has 7 nitrogen and oxygen atoms in total. The first-order valence-electron chi connectivity index (χ1n) is 6.84. The Labute approximate surface area is 119 Å². The fraction of sp³-hybridized carbons (Fsp3) is 0.692. The molecule has 0 spiro atoms. The van der Waals surface area contributed by atoms with Crippen LogP contribution in [0, 0.1) is 0 Å². The normalized spacial score (nSPS) is 16.9. The van der Waals surface area contributed by atoms with Gasteiger partial charge >= 0.3 is 0 Å². The Kier molecular flexibility index (Phi) is 4.74. The fourth-order valence-electron chi connectivity index (χ4n) is 2.48. The summed E-state index contributed by atoms with van der Waals surface area (Å²) in [5, 5.41) is 3.40. The number of hydrazine groups is 1. The number of methoxy groups -OCH3 is 1. The van der Waals surface area contributed by atoms with Crippen molar-refractivity contribution in [2.75, 3.05) is 38.5 Å². The zero-order valence-electron chi connectivity index (χ0n) is 12.4. The van der Waals surface area contributed by atoms with Crippen molar-refractivity contribution in [1.29, 1.82) is 0 Å². The molecule has 0 radical (unpaired) electrons. The van der Waals surface area contributed by atoms with Gasteiger partial charge in [0.2, 0.25) is 0 Å². The van der Waals surface area contributed by atoms with Gasteiger partial charge in [-0.2, -0.15) is 0 Å². The van der Waals surface area contributed by atoms with Gasteiger partial charge in [0, 0.05) is 25.3 Å². The summed E-state index contributed by atoms with van der Waals surface area (Å²) in [6, 6.07) is 1.81. The third-order valence-electron chi connectivity index (χ3n) is 4.03. The Morgan fingerprint density at radius 3 is 2.55 bits per heavy atom. The van der Waals surface area contributed by atoms with Crippen LogP contribution in [0.25, 0.3) is 0 Å². The lowest BCUT2D eigenvalue weighted by Crippen LogP contribution is -2.54. The molecule has 0 aromatic carbocycles. The topological polar surface area (TPSA) is 88.3 Å². The minimum absolute atomic E-state index is 0.239.